The minimum absolute atomic E-state index is 0.0438. The largest absolute Gasteiger partial charge is 0.466 e. The maximum atomic E-state index is 12.6. The molecule has 0 aliphatic heterocycles. The smallest absolute Gasteiger partial charge is 0.314 e. The summed E-state index contributed by atoms with van der Waals surface area (Å²) in [6, 6.07) is -0.137. The molecule has 0 aromatic rings. The summed E-state index contributed by atoms with van der Waals surface area (Å²) in [5.74, 6) is -0.204. The van der Waals surface area contributed by atoms with Gasteiger partial charge in [-0.25, -0.2) is 4.79 Å². The van der Waals surface area contributed by atoms with Gasteiger partial charge in [0.05, 0.1) is 19.6 Å². The van der Waals surface area contributed by atoms with Crippen molar-refractivity contribution in [2.24, 2.45) is 0 Å². The van der Waals surface area contributed by atoms with Crippen molar-refractivity contribution in [3.8, 4) is 0 Å². The zero-order chi connectivity index (χ0) is 42.4. The molecule has 58 heavy (non-hydrogen) atoms. The Morgan fingerprint density at radius 3 is 1.29 bits per heavy atom. The monoisotopic (exact) mass is 826 g/mol. The molecule has 0 saturated heterocycles. The maximum absolute atomic E-state index is 12.6. The van der Waals surface area contributed by atoms with Crippen molar-refractivity contribution in [2.45, 2.75) is 233 Å². The summed E-state index contributed by atoms with van der Waals surface area (Å²) in [7, 11) is 1.64. The Morgan fingerprint density at radius 1 is 0.448 bits per heavy atom. The van der Waals surface area contributed by atoms with E-state index >= 15 is 0 Å². The molecular weight excluding hydrogens is 731 g/mol. The number of amides is 2. The predicted molar refractivity (Wildman–Crippen MR) is 241 cm³/mol. The highest BCUT2D eigenvalue weighted by atomic mass is 16.7. The van der Waals surface area contributed by atoms with Crippen LogP contribution in [0, 0.1) is 0 Å². The van der Waals surface area contributed by atoms with Crippen molar-refractivity contribution in [3.63, 3.8) is 0 Å². The number of rotatable bonds is 46. The van der Waals surface area contributed by atoms with Crippen molar-refractivity contribution < 1.29 is 33.3 Å². The van der Waals surface area contributed by atoms with Gasteiger partial charge in [-0.15, -0.1) is 0 Å². The standard InChI is InChI=1S/C48H95N3O7/c1-5-8-11-14-17-24-29-41-55-45(52)34-26-19-18-20-27-38-51(40-33-37-50-48(54)49-4)39-28-21-25-30-42-56-46(53)35-36-47(57-43-31-22-15-12-9-6-2)58-44-32-23-16-13-10-7-3/h47H,5-44H2,1-4H3,(H2,49,50,54). The van der Waals surface area contributed by atoms with Gasteiger partial charge in [0.1, 0.15) is 0 Å². The van der Waals surface area contributed by atoms with Gasteiger partial charge in [-0.3, -0.25) is 9.59 Å². The molecule has 10 nitrogen and oxygen atoms in total. The zero-order valence-electron chi connectivity index (χ0n) is 38.7. The number of hydrogen-bond donors (Lipinski definition) is 2. The van der Waals surface area contributed by atoms with E-state index in [9.17, 15) is 14.4 Å². The second-order valence-electron chi connectivity index (χ2n) is 16.4. The molecule has 0 aromatic carbocycles. The highest BCUT2D eigenvalue weighted by molar-refractivity contribution is 5.73. The van der Waals surface area contributed by atoms with Gasteiger partial charge in [0.2, 0.25) is 0 Å². The van der Waals surface area contributed by atoms with Crippen LogP contribution in [0.4, 0.5) is 4.79 Å². The molecule has 0 spiro atoms. The van der Waals surface area contributed by atoms with Crippen LogP contribution >= 0.6 is 0 Å². The van der Waals surface area contributed by atoms with E-state index in [0.717, 1.165) is 110 Å². The Kier molecular flexibility index (Phi) is 44.6. The highest BCUT2D eigenvalue weighted by Gasteiger charge is 2.14. The number of carbonyl (C=O) groups excluding carboxylic acids is 3. The van der Waals surface area contributed by atoms with Gasteiger partial charge in [-0.2, -0.15) is 0 Å². The maximum Gasteiger partial charge on any atom is 0.314 e. The van der Waals surface area contributed by atoms with Gasteiger partial charge in [-0.1, -0.05) is 156 Å². The van der Waals surface area contributed by atoms with Gasteiger partial charge < -0.3 is 34.5 Å². The first-order valence-corrected chi connectivity index (χ1v) is 24.7. The zero-order valence-corrected chi connectivity index (χ0v) is 38.7. The van der Waals surface area contributed by atoms with Crippen LogP contribution in [-0.2, 0) is 28.5 Å². The lowest BCUT2D eigenvalue weighted by molar-refractivity contribution is -0.159. The molecule has 0 saturated carbocycles. The first-order chi connectivity index (χ1) is 28.5. The number of esters is 2. The summed E-state index contributed by atoms with van der Waals surface area (Å²) in [6.45, 7) is 12.8. The van der Waals surface area contributed by atoms with Crippen molar-refractivity contribution in [2.75, 3.05) is 59.7 Å². The fourth-order valence-corrected chi connectivity index (χ4v) is 7.07. The van der Waals surface area contributed by atoms with Crippen LogP contribution in [0.3, 0.4) is 0 Å². The van der Waals surface area contributed by atoms with Gasteiger partial charge in [-0.05, 0) is 71.0 Å². The summed E-state index contributed by atoms with van der Waals surface area (Å²) in [6.07, 6.45) is 34.7. The number of nitrogens with zero attached hydrogens (tertiary/aromatic N) is 1. The summed E-state index contributed by atoms with van der Waals surface area (Å²) < 4.78 is 23.2. The van der Waals surface area contributed by atoms with Gasteiger partial charge in [0, 0.05) is 39.6 Å². The summed E-state index contributed by atoms with van der Waals surface area (Å²) in [4.78, 5) is 38.8. The molecule has 2 N–H and O–H groups in total. The lowest BCUT2D eigenvalue weighted by Gasteiger charge is -2.22. The molecule has 0 fully saturated rings. The topological polar surface area (TPSA) is 115 Å². The Bertz CT molecular complexity index is 875. The normalized spacial score (nSPS) is 11.4. The van der Waals surface area contributed by atoms with Crippen molar-refractivity contribution in [3.05, 3.63) is 0 Å². The minimum Gasteiger partial charge on any atom is -0.466 e. The molecule has 0 aliphatic rings. The molecular formula is C48H95N3O7. The van der Waals surface area contributed by atoms with E-state index in [-0.39, 0.29) is 24.3 Å². The third kappa shape index (κ3) is 42.2. The van der Waals surface area contributed by atoms with Gasteiger partial charge >= 0.3 is 18.0 Å². The summed E-state index contributed by atoms with van der Waals surface area (Å²) in [5, 5.41) is 5.51. The number of nitrogens with one attached hydrogen (secondary N) is 2. The molecule has 2 amide bonds. The van der Waals surface area contributed by atoms with E-state index in [1.54, 1.807) is 7.05 Å². The van der Waals surface area contributed by atoms with Crippen LogP contribution in [0.2, 0.25) is 0 Å². The Hall–Kier alpha value is -1.91. The Morgan fingerprint density at radius 2 is 0.828 bits per heavy atom. The average Bonchev–Trinajstić information content (AvgIpc) is 3.22. The second kappa shape index (κ2) is 46.2. The van der Waals surface area contributed by atoms with Crippen LogP contribution in [0.5, 0.6) is 0 Å². The molecule has 0 aliphatic carbocycles. The molecule has 10 heteroatoms. The third-order valence-electron chi connectivity index (χ3n) is 10.8. The first kappa shape index (κ1) is 56.1. The molecule has 0 unspecified atom stereocenters. The quantitative estimate of drug-likeness (QED) is 0.0354. The molecule has 0 radical (unpaired) electrons. The average molecular weight is 826 g/mol. The molecule has 0 bridgehead atoms. The lowest BCUT2D eigenvalue weighted by atomic mass is 10.1. The number of hydrogen-bond acceptors (Lipinski definition) is 8. The SMILES string of the molecule is CCCCCCCCCOC(=O)CCCCCCCN(CCCCCCOC(=O)CCC(OCCCCCCCC)OCCCCCCCC)CCCNC(=O)NC. The van der Waals surface area contributed by atoms with E-state index in [4.69, 9.17) is 18.9 Å². The number of unbranched alkanes of at least 4 members (excludes halogenated alkanes) is 23. The van der Waals surface area contributed by atoms with Crippen LogP contribution in [-0.4, -0.2) is 88.8 Å². The number of urea groups is 1. The lowest BCUT2D eigenvalue weighted by Crippen LogP contribution is -2.35. The minimum atomic E-state index is -0.332. The van der Waals surface area contributed by atoms with Crippen LogP contribution in [0.1, 0.15) is 226 Å². The molecule has 0 aromatic heterocycles. The number of ether oxygens (including phenoxy) is 4. The van der Waals surface area contributed by atoms with E-state index in [0.29, 0.717) is 52.2 Å². The van der Waals surface area contributed by atoms with Gasteiger partial charge in [0.15, 0.2) is 6.29 Å². The molecule has 0 rings (SSSR count). The van der Waals surface area contributed by atoms with E-state index < -0.39 is 0 Å². The van der Waals surface area contributed by atoms with E-state index in [1.807, 2.05) is 0 Å². The molecule has 0 atom stereocenters. The van der Waals surface area contributed by atoms with E-state index in [1.165, 1.54) is 96.3 Å². The molecule has 0 heterocycles. The van der Waals surface area contributed by atoms with Crippen LogP contribution < -0.4 is 10.6 Å². The van der Waals surface area contributed by atoms with Gasteiger partial charge in [0.25, 0.3) is 0 Å². The highest BCUT2D eigenvalue weighted by Crippen LogP contribution is 2.14. The summed E-state index contributed by atoms with van der Waals surface area (Å²) in [5.41, 5.74) is 0. The predicted octanol–water partition coefficient (Wildman–Crippen LogP) is 12.2. The second-order valence-corrected chi connectivity index (χ2v) is 16.4. The Labute approximate surface area is 358 Å². The van der Waals surface area contributed by atoms with Crippen molar-refractivity contribution >= 4 is 18.0 Å². The van der Waals surface area contributed by atoms with Crippen molar-refractivity contribution in [1.29, 1.82) is 0 Å². The number of carbonyl (C=O) groups is 3. The van der Waals surface area contributed by atoms with Crippen LogP contribution in [0.15, 0.2) is 0 Å². The third-order valence-corrected chi connectivity index (χ3v) is 10.8. The fourth-order valence-electron chi connectivity index (χ4n) is 7.07. The fraction of sp³-hybridized carbons (Fsp3) is 0.938. The Balaban J connectivity index is 4.29. The summed E-state index contributed by atoms with van der Waals surface area (Å²) >= 11 is 0. The first-order valence-electron chi connectivity index (χ1n) is 24.7. The van der Waals surface area contributed by atoms with E-state index in [2.05, 4.69) is 36.3 Å². The van der Waals surface area contributed by atoms with Crippen molar-refractivity contribution in [1.82, 2.24) is 15.5 Å². The van der Waals surface area contributed by atoms with Crippen LogP contribution in [0.25, 0.3) is 0 Å². The molecule has 344 valence electrons.